The van der Waals surface area contributed by atoms with Gasteiger partial charge in [-0.25, -0.2) is 0 Å². The minimum absolute atomic E-state index is 0.0205. The van der Waals surface area contributed by atoms with Crippen LogP contribution in [0.5, 0.6) is 11.5 Å². The van der Waals surface area contributed by atoms with Crippen LogP contribution in [0.1, 0.15) is 56.4 Å². The maximum atomic E-state index is 13.4. The molecule has 0 aromatic heterocycles. The molecule has 33 heavy (non-hydrogen) atoms. The zero-order valence-corrected chi connectivity index (χ0v) is 20.1. The molecule has 0 spiro atoms. The van der Waals surface area contributed by atoms with Crippen LogP contribution in [0.4, 0.5) is 0 Å². The van der Waals surface area contributed by atoms with Gasteiger partial charge in [0.05, 0.1) is 11.8 Å². The first-order valence-corrected chi connectivity index (χ1v) is 12.3. The van der Waals surface area contributed by atoms with Gasteiger partial charge in [0, 0.05) is 0 Å². The molecule has 0 heterocycles. The van der Waals surface area contributed by atoms with E-state index in [2.05, 4.69) is 52.0 Å². The second kappa shape index (κ2) is 9.94. The summed E-state index contributed by atoms with van der Waals surface area (Å²) in [6.45, 7) is 8.35. The predicted octanol–water partition coefficient (Wildman–Crippen LogP) is 5.89. The molecule has 2 aliphatic rings. The lowest BCUT2D eigenvalue weighted by Gasteiger charge is -2.26. The molecule has 2 aliphatic carbocycles. The number of esters is 2. The summed E-state index contributed by atoms with van der Waals surface area (Å²) in [6, 6.07) is 11.7. The normalized spacial score (nSPS) is 23.0. The molecule has 4 nitrogen and oxygen atoms in total. The molecule has 0 N–H and O–H groups in total. The minimum Gasteiger partial charge on any atom is -0.426 e. The number of hydrogen-bond donors (Lipinski definition) is 0. The van der Waals surface area contributed by atoms with E-state index in [1.54, 1.807) is 0 Å². The molecule has 4 heteroatoms. The highest BCUT2D eigenvalue weighted by atomic mass is 16.5. The van der Waals surface area contributed by atoms with E-state index >= 15 is 0 Å². The van der Waals surface area contributed by atoms with Crippen molar-refractivity contribution >= 4 is 11.9 Å². The SMILES string of the molecule is CCc1cccc(OC(=O)C2C3C=CC(C3)C2C(=O)Oc2cccc(CC)c2CC)c1CC. The first-order chi connectivity index (χ1) is 16.0. The van der Waals surface area contributed by atoms with Gasteiger partial charge in [-0.3, -0.25) is 9.59 Å². The Kier molecular flexibility index (Phi) is 7.02. The van der Waals surface area contributed by atoms with Crippen LogP contribution >= 0.6 is 0 Å². The Morgan fingerprint density at radius 2 is 1.12 bits per heavy atom. The van der Waals surface area contributed by atoms with Crippen LogP contribution in [0.25, 0.3) is 0 Å². The van der Waals surface area contributed by atoms with Crippen LogP contribution in [0.2, 0.25) is 0 Å². The number of benzene rings is 2. The zero-order valence-electron chi connectivity index (χ0n) is 20.1. The number of rotatable bonds is 8. The van der Waals surface area contributed by atoms with Gasteiger partial charge in [-0.05, 0) is 78.3 Å². The first kappa shape index (κ1) is 23.3. The van der Waals surface area contributed by atoms with Crippen molar-refractivity contribution in [3.63, 3.8) is 0 Å². The molecule has 1 saturated carbocycles. The smallest absolute Gasteiger partial charge is 0.315 e. The fourth-order valence-electron chi connectivity index (χ4n) is 5.70. The molecule has 4 rings (SSSR count). The molecule has 0 saturated heterocycles. The van der Waals surface area contributed by atoms with Crippen LogP contribution in [-0.2, 0) is 35.3 Å². The summed E-state index contributed by atoms with van der Waals surface area (Å²) in [4.78, 5) is 26.8. The highest BCUT2D eigenvalue weighted by molar-refractivity contribution is 5.87. The second-order valence-electron chi connectivity index (χ2n) is 9.04. The van der Waals surface area contributed by atoms with Crippen LogP contribution in [-0.4, -0.2) is 11.9 Å². The largest absolute Gasteiger partial charge is 0.426 e. The fraction of sp³-hybridized carbons (Fsp3) is 0.448. The molecule has 1 fully saturated rings. The summed E-state index contributed by atoms with van der Waals surface area (Å²) < 4.78 is 11.9. The fourth-order valence-corrected chi connectivity index (χ4v) is 5.70. The topological polar surface area (TPSA) is 52.6 Å². The summed E-state index contributed by atoms with van der Waals surface area (Å²) in [5.74, 6) is -0.401. The third kappa shape index (κ3) is 4.36. The van der Waals surface area contributed by atoms with Gasteiger partial charge in [-0.1, -0.05) is 64.1 Å². The van der Waals surface area contributed by atoms with Crippen molar-refractivity contribution in [3.05, 3.63) is 70.8 Å². The van der Waals surface area contributed by atoms with Gasteiger partial charge in [0.25, 0.3) is 0 Å². The lowest BCUT2D eigenvalue weighted by Crippen LogP contribution is -2.37. The predicted molar refractivity (Wildman–Crippen MR) is 129 cm³/mol. The summed E-state index contributed by atoms with van der Waals surface area (Å²) in [7, 11) is 0. The van der Waals surface area contributed by atoms with Crippen molar-refractivity contribution in [3.8, 4) is 11.5 Å². The minimum atomic E-state index is -0.512. The summed E-state index contributed by atoms with van der Waals surface area (Å²) in [6.07, 6.45) is 8.29. The van der Waals surface area contributed by atoms with Gasteiger partial charge in [0.15, 0.2) is 0 Å². The molecule has 0 aliphatic heterocycles. The number of aryl methyl sites for hydroxylation is 2. The molecular formula is C29H34O4. The van der Waals surface area contributed by atoms with E-state index in [1.165, 1.54) is 11.1 Å². The highest BCUT2D eigenvalue weighted by Gasteiger charge is 2.53. The molecular weight excluding hydrogens is 412 g/mol. The van der Waals surface area contributed by atoms with Crippen LogP contribution < -0.4 is 9.47 Å². The number of hydrogen-bond acceptors (Lipinski definition) is 4. The lowest BCUT2D eigenvalue weighted by atomic mass is 9.83. The summed E-state index contributed by atoms with van der Waals surface area (Å²) >= 11 is 0. The third-order valence-electron chi connectivity index (χ3n) is 7.35. The maximum Gasteiger partial charge on any atom is 0.315 e. The van der Waals surface area contributed by atoms with Crippen LogP contribution in [0.15, 0.2) is 48.6 Å². The zero-order chi connectivity index (χ0) is 23.5. The molecule has 4 unspecified atom stereocenters. The Labute approximate surface area is 197 Å². The first-order valence-electron chi connectivity index (χ1n) is 12.3. The van der Waals surface area contributed by atoms with Crippen molar-refractivity contribution in [1.82, 2.24) is 0 Å². The molecule has 2 aromatic rings. The number of ether oxygens (including phenoxy) is 2. The number of allylic oxidation sites excluding steroid dienone is 2. The van der Waals surface area contributed by atoms with Crippen molar-refractivity contribution in [2.24, 2.45) is 23.7 Å². The molecule has 2 bridgehead atoms. The standard InChI is InChI=1S/C29H34O4/c1-5-18-11-9-13-24(22(18)7-3)32-28(30)26-20-15-16-21(17-20)27(26)29(31)33-25-14-10-12-19(6-2)23(25)8-4/h9-16,20-21,26-27H,5-8,17H2,1-4H3. The Bertz CT molecular complexity index is 984. The van der Waals surface area contributed by atoms with Gasteiger partial charge in [-0.2, -0.15) is 0 Å². The van der Waals surface area contributed by atoms with E-state index in [0.29, 0.717) is 11.5 Å². The average Bonchev–Trinajstić information content (AvgIpc) is 3.45. The molecule has 0 radical (unpaired) electrons. The van der Waals surface area contributed by atoms with Gasteiger partial charge in [-0.15, -0.1) is 0 Å². The van der Waals surface area contributed by atoms with E-state index in [0.717, 1.165) is 43.2 Å². The Morgan fingerprint density at radius 3 is 1.48 bits per heavy atom. The monoisotopic (exact) mass is 446 g/mol. The summed E-state index contributed by atoms with van der Waals surface area (Å²) in [5.41, 5.74) is 4.51. The van der Waals surface area contributed by atoms with Crippen molar-refractivity contribution in [2.75, 3.05) is 0 Å². The maximum absolute atomic E-state index is 13.4. The number of fused-ring (bicyclic) bond motifs is 2. The quantitative estimate of drug-likeness (QED) is 0.288. The van der Waals surface area contributed by atoms with Crippen LogP contribution in [0.3, 0.4) is 0 Å². The van der Waals surface area contributed by atoms with Gasteiger partial charge < -0.3 is 9.47 Å². The highest BCUT2D eigenvalue weighted by Crippen LogP contribution is 2.49. The average molecular weight is 447 g/mol. The second-order valence-corrected chi connectivity index (χ2v) is 9.04. The van der Waals surface area contributed by atoms with Gasteiger partial charge in [0.2, 0.25) is 0 Å². The number of carbonyl (C=O) groups excluding carboxylic acids is 2. The van der Waals surface area contributed by atoms with E-state index in [4.69, 9.17) is 9.47 Å². The van der Waals surface area contributed by atoms with Gasteiger partial charge in [0.1, 0.15) is 11.5 Å². The molecule has 2 aromatic carbocycles. The van der Waals surface area contributed by atoms with Crippen molar-refractivity contribution in [2.45, 2.75) is 59.8 Å². The van der Waals surface area contributed by atoms with E-state index in [9.17, 15) is 9.59 Å². The van der Waals surface area contributed by atoms with E-state index < -0.39 is 11.8 Å². The molecule has 174 valence electrons. The molecule has 0 amide bonds. The van der Waals surface area contributed by atoms with E-state index in [-0.39, 0.29) is 23.8 Å². The van der Waals surface area contributed by atoms with Crippen molar-refractivity contribution < 1.29 is 19.1 Å². The third-order valence-corrected chi connectivity index (χ3v) is 7.35. The van der Waals surface area contributed by atoms with Crippen LogP contribution in [0, 0.1) is 23.7 Å². The lowest BCUT2D eigenvalue weighted by molar-refractivity contribution is -0.151. The molecule has 4 atom stereocenters. The van der Waals surface area contributed by atoms with E-state index in [1.807, 2.05) is 24.3 Å². The Morgan fingerprint density at radius 1 is 0.697 bits per heavy atom. The Hall–Kier alpha value is -2.88. The number of carbonyl (C=O) groups is 2. The Balaban J connectivity index is 1.58. The van der Waals surface area contributed by atoms with Crippen molar-refractivity contribution in [1.29, 1.82) is 0 Å². The summed E-state index contributed by atoms with van der Waals surface area (Å²) in [5, 5.41) is 0. The van der Waals surface area contributed by atoms with Gasteiger partial charge >= 0.3 is 11.9 Å².